The second-order valence-electron chi connectivity index (χ2n) is 8.61. The molecule has 0 unspecified atom stereocenters. The average molecular weight is 505 g/mol. The molecule has 2 amide bonds. The predicted molar refractivity (Wildman–Crippen MR) is 128 cm³/mol. The molecule has 0 aromatic heterocycles. The summed E-state index contributed by atoms with van der Waals surface area (Å²) >= 11 is 1.38. The van der Waals surface area contributed by atoms with E-state index in [9.17, 15) is 23.2 Å². The molecule has 0 aliphatic heterocycles. The number of carbonyl (C=O) groups excluding carboxylic acids is 2. The number of alkyl halides is 2. The molecule has 2 N–H and O–H groups in total. The Morgan fingerprint density at radius 1 is 1.09 bits per heavy atom. The first-order valence-electron chi connectivity index (χ1n) is 11.2. The lowest BCUT2D eigenvalue weighted by molar-refractivity contribution is -0.145. The van der Waals surface area contributed by atoms with Gasteiger partial charge in [0.25, 0.3) is 5.92 Å². The van der Waals surface area contributed by atoms with Crippen LogP contribution in [0, 0.1) is 11.8 Å². The number of fused-ring (bicyclic) bond motifs is 3. The standard InChI is InChI=1S/C25H26F2N2O5S/c1-35-11-10-29(13-21(30)31)23(32)22-20(25(22,26)27)12-28-24(33)34-14-19-17-8-4-2-6-15(17)16-7-3-5-9-18(16)19/h2-9,19-20,22H,10-14H2,1H3,(H,28,33)(H,30,31)/t20-,22-/m0/s1. The van der Waals surface area contributed by atoms with Crippen molar-refractivity contribution in [2.24, 2.45) is 11.8 Å². The number of benzene rings is 2. The monoisotopic (exact) mass is 504 g/mol. The van der Waals surface area contributed by atoms with Crippen molar-refractivity contribution in [3.8, 4) is 11.1 Å². The Labute approximate surface area is 205 Å². The smallest absolute Gasteiger partial charge is 0.407 e. The van der Waals surface area contributed by atoms with Gasteiger partial charge in [-0.25, -0.2) is 13.6 Å². The number of thioether (sulfide) groups is 1. The number of halogens is 2. The number of carboxylic acids is 1. The Morgan fingerprint density at radius 2 is 1.69 bits per heavy atom. The minimum atomic E-state index is -3.32. The lowest BCUT2D eigenvalue weighted by atomic mass is 9.98. The van der Waals surface area contributed by atoms with Gasteiger partial charge in [0.05, 0.1) is 5.92 Å². The molecular weight excluding hydrogens is 478 g/mol. The van der Waals surface area contributed by atoms with Crippen molar-refractivity contribution in [1.29, 1.82) is 0 Å². The SMILES string of the molecule is CSCCN(CC(=O)O)C(=O)[C@@H]1[C@H](CNC(=O)OCC2c3ccccc3-c3ccccc32)C1(F)F. The summed E-state index contributed by atoms with van der Waals surface area (Å²) in [6.45, 7) is -0.974. The zero-order valence-corrected chi connectivity index (χ0v) is 19.9. The van der Waals surface area contributed by atoms with Crippen LogP contribution in [0.3, 0.4) is 0 Å². The van der Waals surface area contributed by atoms with Crippen molar-refractivity contribution in [2.75, 3.05) is 38.2 Å². The van der Waals surface area contributed by atoms with E-state index < -0.39 is 48.8 Å². The largest absolute Gasteiger partial charge is 0.480 e. The quantitative estimate of drug-likeness (QED) is 0.513. The van der Waals surface area contributed by atoms with Crippen molar-refractivity contribution in [2.45, 2.75) is 11.8 Å². The van der Waals surface area contributed by atoms with Crippen LogP contribution in [-0.4, -0.2) is 72.1 Å². The van der Waals surface area contributed by atoms with Crippen LogP contribution in [0.2, 0.25) is 0 Å². The summed E-state index contributed by atoms with van der Waals surface area (Å²) in [5, 5.41) is 11.4. The second-order valence-corrected chi connectivity index (χ2v) is 9.60. The molecule has 1 saturated carbocycles. The summed E-state index contributed by atoms with van der Waals surface area (Å²) in [7, 11) is 0. The second kappa shape index (κ2) is 10.2. The highest BCUT2D eigenvalue weighted by Gasteiger charge is 2.72. The molecule has 35 heavy (non-hydrogen) atoms. The molecule has 4 rings (SSSR count). The molecule has 0 spiro atoms. The molecule has 186 valence electrons. The Kier molecular flexibility index (Phi) is 7.30. The Balaban J connectivity index is 1.33. The van der Waals surface area contributed by atoms with E-state index in [0.717, 1.165) is 27.2 Å². The first-order chi connectivity index (χ1) is 16.8. The van der Waals surface area contributed by atoms with Crippen molar-refractivity contribution < 1.29 is 33.0 Å². The normalized spacial score (nSPS) is 19.4. The van der Waals surface area contributed by atoms with Crippen LogP contribution in [0.4, 0.5) is 13.6 Å². The third-order valence-electron chi connectivity index (χ3n) is 6.48. The van der Waals surface area contributed by atoms with Gasteiger partial charge >= 0.3 is 12.1 Å². The number of amides is 2. The van der Waals surface area contributed by atoms with Crippen molar-refractivity contribution in [3.63, 3.8) is 0 Å². The van der Waals surface area contributed by atoms with Crippen LogP contribution in [0.15, 0.2) is 48.5 Å². The highest BCUT2D eigenvalue weighted by Crippen LogP contribution is 2.55. The van der Waals surface area contributed by atoms with Gasteiger partial charge in [0.2, 0.25) is 5.91 Å². The van der Waals surface area contributed by atoms with E-state index in [1.165, 1.54) is 11.8 Å². The number of ether oxygens (including phenoxy) is 1. The summed E-state index contributed by atoms with van der Waals surface area (Å²) in [4.78, 5) is 36.9. The Morgan fingerprint density at radius 3 is 2.26 bits per heavy atom. The van der Waals surface area contributed by atoms with Gasteiger partial charge in [-0.3, -0.25) is 9.59 Å². The maximum Gasteiger partial charge on any atom is 0.407 e. The topological polar surface area (TPSA) is 95.9 Å². The number of hydrogen-bond donors (Lipinski definition) is 2. The van der Waals surface area contributed by atoms with Gasteiger partial charge in [0.1, 0.15) is 19.1 Å². The molecule has 0 heterocycles. The van der Waals surface area contributed by atoms with Crippen molar-refractivity contribution in [3.05, 3.63) is 59.7 Å². The predicted octanol–water partition coefficient (Wildman–Crippen LogP) is 3.68. The molecule has 0 radical (unpaired) electrons. The van der Waals surface area contributed by atoms with Crippen molar-refractivity contribution >= 4 is 29.7 Å². The average Bonchev–Trinajstić information content (AvgIpc) is 3.24. The van der Waals surface area contributed by atoms with Gasteiger partial charge in [-0.15, -0.1) is 0 Å². The number of rotatable bonds is 10. The van der Waals surface area contributed by atoms with E-state index in [1.807, 2.05) is 48.5 Å². The summed E-state index contributed by atoms with van der Waals surface area (Å²) in [6.07, 6.45) is 0.932. The van der Waals surface area contributed by atoms with Crippen LogP contribution in [-0.2, 0) is 14.3 Å². The van der Waals surface area contributed by atoms with Gasteiger partial charge in [0, 0.05) is 24.8 Å². The zero-order chi connectivity index (χ0) is 25.2. The molecule has 2 aromatic carbocycles. The van der Waals surface area contributed by atoms with Crippen LogP contribution in [0.1, 0.15) is 17.0 Å². The third-order valence-corrected chi connectivity index (χ3v) is 7.07. The lowest BCUT2D eigenvalue weighted by Crippen LogP contribution is -2.39. The minimum absolute atomic E-state index is 0.0460. The van der Waals surface area contributed by atoms with Gasteiger partial charge in [0.15, 0.2) is 0 Å². The maximum atomic E-state index is 14.4. The highest BCUT2D eigenvalue weighted by atomic mass is 32.2. The third kappa shape index (κ3) is 5.12. The number of carboxylic acid groups (broad SMARTS) is 1. The molecule has 2 aliphatic rings. The number of carbonyl (C=O) groups is 3. The molecule has 1 fully saturated rings. The van der Waals surface area contributed by atoms with E-state index in [-0.39, 0.29) is 19.1 Å². The van der Waals surface area contributed by atoms with Gasteiger partial charge < -0.3 is 20.1 Å². The van der Waals surface area contributed by atoms with Crippen LogP contribution < -0.4 is 5.32 Å². The zero-order valence-electron chi connectivity index (χ0n) is 19.1. The van der Waals surface area contributed by atoms with Gasteiger partial charge in [-0.2, -0.15) is 11.8 Å². The minimum Gasteiger partial charge on any atom is -0.480 e. The fourth-order valence-corrected chi connectivity index (χ4v) is 5.06. The summed E-state index contributed by atoms with van der Waals surface area (Å²) < 4.78 is 34.1. The number of hydrogen-bond acceptors (Lipinski definition) is 5. The van der Waals surface area contributed by atoms with E-state index in [2.05, 4.69) is 5.32 Å². The number of nitrogens with one attached hydrogen (secondary N) is 1. The summed E-state index contributed by atoms with van der Waals surface area (Å²) in [5.74, 6) is -8.28. The van der Waals surface area contributed by atoms with E-state index in [1.54, 1.807) is 6.26 Å². The molecule has 2 aliphatic carbocycles. The molecule has 0 bridgehead atoms. The summed E-state index contributed by atoms with van der Waals surface area (Å²) in [5.41, 5.74) is 4.21. The lowest BCUT2D eigenvalue weighted by Gasteiger charge is -2.20. The Bertz CT molecular complexity index is 1080. The fourth-order valence-electron chi connectivity index (χ4n) is 4.65. The van der Waals surface area contributed by atoms with E-state index >= 15 is 0 Å². The van der Waals surface area contributed by atoms with Crippen LogP contribution in [0.5, 0.6) is 0 Å². The highest BCUT2D eigenvalue weighted by molar-refractivity contribution is 7.98. The molecule has 7 nitrogen and oxygen atoms in total. The number of aliphatic carboxylic acids is 1. The van der Waals surface area contributed by atoms with E-state index in [4.69, 9.17) is 9.84 Å². The molecule has 2 atom stereocenters. The molecule has 2 aromatic rings. The molecular formula is C25H26F2N2O5S. The molecule has 0 saturated heterocycles. The Hall–Kier alpha value is -3.14. The van der Waals surface area contributed by atoms with Crippen LogP contribution >= 0.6 is 11.8 Å². The van der Waals surface area contributed by atoms with Crippen molar-refractivity contribution in [1.82, 2.24) is 10.2 Å². The summed E-state index contributed by atoms with van der Waals surface area (Å²) in [6, 6.07) is 15.7. The maximum absolute atomic E-state index is 14.4. The first kappa shape index (κ1) is 25.0. The van der Waals surface area contributed by atoms with E-state index in [0.29, 0.717) is 5.75 Å². The molecule has 10 heteroatoms. The van der Waals surface area contributed by atoms with Gasteiger partial charge in [-0.05, 0) is 28.5 Å². The van der Waals surface area contributed by atoms with Crippen LogP contribution in [0.25, 0.3) is 11.1 Å². The first-order valence-corrected chi connectivity index (χ1v) is 12.6. The number of nitrogens with zero attached hydrogens (tertiary/aromatic N) is 1. The number of alkyl carbamates (subject to hydrolysis) is 1. The fraction of sp³-hybridized carbons (Fsp3) is 0.400. The van der Waals surface area contributed by atoms with Gasteiger partial charge in [-0.1, -0.05) is 48.5 Å².